The predicted octanol–water partition coefficient (Wildman–Crippen LogP) is 1.65. The van der Waals surface area contributed by atoms with Crippen LogP contribution in [0.4, 0.5) is 0 Å². The number of rotatable bonds is 5. The Hall–Kier alpha value is -0.0200. The average Bonchev–Trinajstić information content (AvgIpc) is 1.97. The Morgan fingerprint density at radius 2 is 2.27 bits per heavy atom. The van der Waals surface area contributed by atoms with Crippen molar-refractivity contribution in [1.82, 2.24) is 5.32 Å². The van der Waals surface area contributed by atoms with Crippen LogP contribution >= 0.6 is 11.8 Å². The minimum absolute atomic E-state index is 0.224. The highest BCUT2D eigenvalue weighted by Crippen LogP contribution is 2.06. The molecule has 0 rings (SSSR count). The van der Waals surface area contributed by atoms with E-state index < -0.39 is 0 Å². The van der Waals surface area contributed by atoms with Gasteiger partial charge < -0.3 is 5.32 Å². The zero-order chi connectivity index (χ0) is 8.69. The summed E-state index contributed by atoms with van der Waals surface area (Å²) in [6.45, 7) is 3.77. The standard InChI is InChI=1S/C8H17NOS/c1-7(9-3)5-4-6-11-8(2)10/h7,9H,4-6H2,1-3H3. The largest absolute Gasteiger partial charge is 0.317 e. The predicted molar refractivity (Wildman–Crippen MR) is 50.9 cm³/mol. The topological polar surface area (TPSA) is 29.1 Å². The lowest BCUT2D eigenvalue weighted by Gasteiger charge is -2.07. The fourth-order valence-corrected chi connectivity index (χ4v) is 1.35. The number of nitrogens with one attached hydrogen (secondary N) is 1. The van der Waals surface area contributed by atoms with E-state index in [0.29, 0.717) is 6.04 Å². The fourth-order valence-electron chi connectivity index (χ4n) is 0.750. The highest BCUT2D eigenvalue weighted by Gasteiger charge is 1.98. The molecule has 0 amide bonds. The number of carbonyl (C=O) groups excluding carboxylic acids is 1. The molecule has 0 aromatic carbocycles. The van der Waals surface area contributed by atoms with Crippen molar-refractivity contribution < 1.29 is 4.79 Å². The number of hydrogen-bond donors (Lipinski definition) is 1. The molecular formula is C8H17NOS. The first-order valence-corrected chi connectivity index (χ1v) is 4.96. The van der Waals surface area contributed by atoms with Crippen molar-refractivity contribution in [1.29, 1.82) is 0 Å². The summed E-state index contributed by atoms with van der Waals surface area (Å²) in [5, 5.41) is 3.38. The average molecular weight is 175 g/mol. The summed E-state index contributed by atoms with van der Waals surface area (Å²) in [4.78, 5) is 10.5. The molecule has 0 aromatic heterocycles. The van der Waals surface area contributed by atoms with Crippen molar-refractivity contribution in [3.63, 3.8) is 0 Å². The van der Waals surface area contributed by atoms with E-state index in [2.05, 4.69) is 12.2 Å². The zero-order valence-corrected chi connectivity index (χ0v) is 8.33. The van der Waals surface area contributed by atoms with Gasteiger partial charge in [-0.3, -0.25) is 4.79 Å². The van der Waals surface area contributed by atoms with E-state index in [1.807, 2.05) is 7.05 Å². The maximum atomic E-state index is 10.5. The SMILES string of the molecule is CNC(C)CCCSC(C)=O. The molecule has 0 aliphatic carbocycles. The van der Waals surface area contributed by atoms with Crippen molar-refractivity contribution in [2.24, 2.45) is 0 Å². The molecule has 0 radical (unpaired) electrons. The van der Waals surface area contributed by atoms with Crippen LogP contribution in [0.25, 0.3) is 0 Å². The van der Waals surface area contributed by atoms with Crippen molar-refractivity contribution in [3.05, 3.63) is 0 Å². The Bertz CT molecular complexity index is 117. The summed E-state index contributed by atoms with van der Waals surface area (Å²) in [7, 11) is 1.96. The van der Waals surface area contributed by atoms with Crippen LogP contribution in [-0.2, 0) is 4.79 Å². The van der Waals surface area contributed by atoms with E-state index in [1.54, 1.807) is 6.92 Å². The minimum atomic E-state index is 0.224. The van der Waals surface area contributed by atoms with E-state index in [9.17, 15) is 4.79 Å². The summed E-state index contributed by atoms with van der Waals surface area (Å²) in [6, 6.07) is 0.572. The Morgan fingerprint density at radius 3 is 2.73 bits per heavy atom. The highest BCUT2D eigenvalue weighted by atomic mass is 32.2. The summed E-state index contributed by atoms with van der Waals surface area (Å²) < 4.78 is 0. The Labute approximate surface area is 73.1 Å². The number of carbonyl (C=O) groups is 1. The third-order valence-corrected chi connectivity index (χ3v) is 2.48. The van der Waals surface area contributed by atoms with E-state index in [-0.39, 0.29) is 5.12 Å². The molecular weight excluding hydrogens is 158 g/mol. The molecule has 0 fully saturated rings. The van der Waals surface area contributed by atoms with Gasteiger partial charge in [0.2, 0.25) is 0 Å². The van der Waals surface area contributed by atoms with Crippen LogP contribution in [-0.4, -0.2) is 24.0 Å². The van der Waals surface area contributed by atoms with E-state index in [0.717, 1.165) is 18.6 Å². The van der Waals surface area contributed by atoms with Gasteiger partial charge in [-0.05, 0) is 26.8 Å². The van der Waals surface area contributed by atoms with Gasteiger partial charge in [0, 0.05) is 18.7 Å². The highest BCUT2D eigenvalue weighted by molar-refractivity contribution is 8.13. The first-order valence-electron chi connectivity index (χ1n) is 3.97. The van der Waals surface area contributed by atoms with Gasteiger partial charge in [0.1, 0.15) is 0 Å². The normalized spacial score (nSPS) is 13.0. The van der Waals surface area contributed by atoms with E-state index in [1.165, 1.54) is 11.8 Å². The third kappa shape index (κ3) is 7.88. The first kappa shape index (κ1) is 11.0. The molecule has 3 heteroatoms. The van der Waals surface area contributed by atoms with Gasteiger partial charge in [-0.2, -0.15) is 0 Å². The molecule has 1 unspecified atom stereocenters. The molecule has 0 saturated carbocycles. The van der Waals surface area contributed by atoms with Gasteiger partial charge in [0.05, 0.1) is 0 Å². The number of thioether (sulfide) groups is 1. The fraction of sp³-hybridized carbons (Fsp3) is 0.875. The zero-order valence-electron chi connectivity index (χ0n) is 7.52. The Kier molecular flexibility index (Phi) is 6.66. The van der Waals surface area contributed by atoms with Crippen LogP contribution < -0.4 is 5.32 Å². The van der Waals surface area contributed by atoms with Gasteiger partial charge in [0.25, 0.3) is 0 Å². The quantitative estimate of drug-likeness (QED) is 0.644. The molecule has 0 aliphatic rings. The molecule has 2 nitrogen and oxygen atoms in total. The van der Waals surface area contributed by atoms with Crippen molar-refractivity contribution in [2.75, 3.05) is 12.8 Å². The van der Waals surface area contributed by atoms with Gasteiger partial charge >= 0.3 is 0 Å². The smallest absolute Gasteiger partial charge is 0.185 e. The van der Waals surface area contributed by atoms with Crippen LogP contribution in [0.5, 0.6) is 0 Å². The molecule has 0 aliphatic heterocycles. The van der Waals surface area contributed by atoms with Gasteiger partial charge in [-0.25, -0.2) is 0 Å². The monoisotopic (exact) mass is 175 g/mol. The maximum Gasteiger partial charge on any atom is 0.185 e. The summed E-state index contributed by atoms with van der Waals surface area (Å²) >= 11 is 1.42. The third-order valence-electron chi connectivity index (χ3n) is 1.58. The van der Waals surface area contributed by atoms with Gasteiger partial charge in [-0.1, -0.05) is 11.8 Å². The van der Waals surface area contributed by atoms with Crippen LogP contribution in [0.3, 0.4) is 0 Å². The second kappa shape index (κ2) is 6.68. The lowest BCUT2D eigenvalue weighted by molar-refractivity contribution is -0.109. The molecule has 0 spiro atoms. The maximum absolute atomic E-state index is 10.5. The van der Waals surface area contributed by atoms with Gasteiger partial charge in [0.15, 0.2) is 5.12 Å². The van der Waals surface area contributed by atoms with Crippen LogP contribution in [0.1, 0.15) is 26.7 Å². The minimum Gasteiger partial charge on any atom is -0.317 e. The van der Waals surface area contributed by atoms with Gasteiger partial charge in [-0.15, -0.1) is 0 Å². The van der Waals surface area contributed by atoms with Crippen molar-refractivity contribution in [2.45, 2.75) is 32.7 Å². The molecule has 1 atom stereocenters. The Morgan fingerprint density at radius 1 is 1.64 bits per heavy atom. The lowest BCUT2D eigenvalue weighted by Crippen LogP contribution is -2.20. The van der Waals surface area contributed by atoms with E-state index in [4.69, 9.17) is 0 Å². The first-order chi connectivity index (χ1) is 5.16. The number of hydrogen-bond acceptors (Lipinski definition) is 3. The van der Waals surface area contributed by atoms with Crippen molar-refractivity contribution in [3.8, 4) is 0 Å². The molecule has 0 bridgehead atoms. The van der Waals surface area contributed by atoms with Crippen LogP contribution in [0, 0.1) is 0 Å². The van der Waals surface area contributed by atoms with Crippen LogP contribution in [0.2, 0.25) is 0 Å². The molecule has 11 heavy (non-hydrogen) atoms. The molecule has 0 saturated heterocycles. The molecule has 0 aromatic rings. The molecule has 0 heterocycles. The van der Waals surface area contributed by atoms with E-state index >= 15 is 0 Å². The van der Waals surface area contributed by atoms with Crippen molar-refractivity contribution >= 4 is 16.9 Å². The summed E-state index contributed by atoms with van der Waals surface area (Å²) in [5.74, 6) is 0.960. The molecule has 1 N–H and O–H groups in total. The summed E-state index contributed by atoms with van der Waals surface area (Å²) in [5.41, 5.74) is 0. The molecule has 66 valence electrons. The second-order valence-corrected chi connectivity index (χ2v) is 3.94. The lowest BCUT2D eigenvalue weighted by atomic mass is 10.2. The summed E-state index contributed by atoms with van der Waals surface area (Å²) in [6.07, 6.45) is 2.27. The Balaban J connectivity index is 3.08. The second-order valence-electron chi connectivity index (χ2n) is 2.67. The van der Waals surface area contributed by atoms with Crippen LogP contribution in [0.15, 0.2) is 0 Å².